The summed E-state index contributed by atoms with van der Waals surface area (Å²) in [4.78, 5) is 10.1. The van der Waals surface area contributed by atoms with Gasteiger partial charge in [-0.25, -0.2) is 0 Å². The zero-order valence-corrected chi connectivity index (χ0v) is 9.36. The summed E-state index contributed by atoms with van der Waals surface area (Å²) >= 11 is 2.01. The van der Waals surface area contributed by atoms with Gasteiger partial charge in [0.05, 0.1) is 15.6 Å². The molecule has 0 radical (unpaired) electrons. The van der Waals surface area contributed by atoms with Gasteiger partial charge in [0.1, 0.15) is 5.75 Å². The molecule has 13 heavy (non-hydrogen) atoms. The lowest BCUT2D eigenvalue weighted by Gasteiger charge is -2.04. The first kappa shape index (κ1) is 10.2. The average molecular weight is 293 g/mol. The standard InChI is InChI=1S/C8H8INO3/c1-5-3-8(13-2)6(9)4-7(5)10(11)12/h3-4H,1-2H3. The minimum Gasteiger partial charge on any atom is -0.496 e. The molecule has 4 nitrogen and oxygen atoms in total. The van der Waals surface area contributed by atoms with Crippen molar-refractivity contribution in [3.8, 4) is 5.75 Å². The van der Waals surface area contributed by atoms with Gasteiger partial charge in [0.25, 0.3) is 5.69 Å². The van der Waals surface area contributed by atoms with Gasteiger partial charge in [0.15, 0.2) is 0 Å². The van der Waals surface area contributed by atoms with Crippen molar-refractivity contribution in [1.82, 2.24) is 0 Å². The number of halogens is 1. The summed E-state index contributed by atoms with van der Waals surface area (Å²) in [5.74, 6) is 0.670. The summed E-state index contributed by atoms with van der Waals surface area (Å²) in [6, 6.07) is 3.18. The fourth-order valence-electron chi connectivity index (χ4n) is 0.998. The Labute approximate surface area is 89.2 Å². The molecule has 0 fully saturated rings. The number of nitrogens with zero attached hydrogens (tertiary/aromatic N) is 1. The highest BCUT2D eigenvalue weighted by atomic mass is 127. The molecule has 0 bridgehead atoms. The normalized spacial score (nSPS) is 9.77. The van der Waals surface area contributed by atoms with Crippen LogP contribution in [0, 0.1) is 20.6 Å². The van der Waals surface area contributed by atoms with E-state index in [4.69, 9.17) is 4.74 Å². The lowest BCUT2D eigenvalue weighted by atomic mass is 10.2. The molecule has 0 atom stereocenters. The molecule has 1 rings (SSSR count). The second kappa shape index (κ2) is 3.91. The number of hydrogen-bond donors (Lipinski definition) is 0. The van der Waals surface area contributed by atoms with E-state index in [-0.39, 0.29) is 5.69 Å². The van der Waals surface area contributed by atoms with Crippen LogP contribution in [0.15, 0.2) is 12.1 Å². The molecule has 1 aromatic carbocycles. The Bertz CT molecular complexity index is 351. The van der Waals surface area contributed by atoms with Crippen molar-refractivity contribution in [3.05, 3.63) is 31.4 Å². The SMILES string of the molecule is COc1cc(C)c([N+](=O)[O-])cc1I. The van der Waals surface area contributed by atoms with Crippen LogP contribution in [0.5, 0.6) is 5.75 Å². The van der Waals surface area contributed by atoms with Gasteiger partial charge in [-0.05, 0) is 35.6 Å². The quantitative estimate of drug-likeness (QED) is 0.478. The molecule has 0 saturated carbocycles. The van der Waals surface area contributed by atoms with E-state index in [0.717, 1.165) is 3.57 Å². The van der Waals surface area contributed by atoms with Gasteiger partial charge in [-0.15, -0.1) is 0 Å². The molecule has 0 aliphatic carbocycles. The zero-order valence-electron chi connectivity index (χ0n) is 7.20. The first-order chi connectivity index (χ1) is 6.06. The van der Waals surface area contributed by atoms with Crippen LogP contribution in [0.2, 0.25) is 0 Å². The maximum Gasteiger partial charge on any atom is 0.273 e. The molecular weight excluding hydrogens is 285 g/mol. The molecule has 0 aliphatic heterocycles. The maximum atomic E-state index is 10.5. The summed E-state index contributed by atoms with van der Waals surface area (Å²) in [5.41, 5.74) is 0.743. The van der Waals surface area contributed by atoms with E-state index in [2.05, 4.69) is 0 Å². The van der Waals surface area contributed by atoms with Crippen molar-refractivity contribution in [3.63, 3.8) is 0 Å². The molecular formula is C8H8INO3. The highest BCUT2D eigenvalue weighted by Gasteiger charge is 2.13. The van der Waals surface area contributed by atoms with Crippen molar-refractivity contribution < 1.29 is 9.66 Å². The minimum absolute atomic E-state index is 0.130. The number of methoxy groups -OCH3 is 1. The van der Waals surface area contributed by atoms with Gasteiger partial charge in [0, 0.05) is 11.6 Å². The molecule has 5 heteroatoms. The third-order valence-corrected chi connectivity index (χ3v) is 2.51. The number of ether oxygens (including phenoxy) is 1. The van der Waals surface area contributed by atoms with Crippen molar-refractivity contribution in [2.45, 2.75) is 6.92 Å². The maximum absolute atomic E-state index is 10.5. The molecule has 0 aliphatic rings. The van der Waals surface area contributed by atoms with E-state index >= 15 is 0 Å². The zero-order chi connectivity index (χ0) is 10.0. The Morgan fingerprint density at radius 1 is 1.54 bits per heavy atom. The van der Waals surface area contributed by atoms with Crippen LogP contribution >= 0.6 is 22.6 Å². The number of hydrogen-bond acceptors (Lipinski definition) is 3. The predicted octanol–water partition coefficient (Wildman–Crippen LogP) is 2.52. The van der Waals surface area contributed by atoms with Crippen LogP contribution < -0.4 is 4.74 Å². The predicted molar refractivity (Wildman–Crippen MR) is 57.1 cm³/mol. The highest BCUT2D eigenvalue weighted by molar-refractivity contribution is 14.1. The fourth-order valence-corrected chi connectivity index (χ4v) is 1.67. The number of nitro benzene ring substituents is 1. The van der Waals surface area contributed by atoms with E-state index in [1.54, 1.807) is 20.1 Å². The first-order valence-electron chi connectivity index (χ1n) is 3.54. The van der Waals surface area contributed by atoms with Crippen molar-refractivity contribution >= 4 is 28.3 Å². The summed E-state index contributed by atoms with van der Waals surface area (Å²) in [6.07, 6.45) is 0. The average Bonchev–Trinajstić information content (AvgIpc) is 2.07. The van der Waals surface area contributed by atoms with Crippen LogP contribution in [0.1, 0.15) is 5.56 Å². The largest absolute Gasteiger partial charge is 0.496 e. The van der Waals surface area contributed by atoms with E-state index in [1.807, 2.05) is 22.6 Å². The number of benzene rings is 1. The molecule has 0 amide bonds. The molecule has 0 spiro atoms. The Morgan fingerprint density at radius 3 is 2.62 bits per heavy atom. The van der Waals surface area contributed by atoms with Crippen molar-refractivity contribution in [2.75, 3.05) is 7.11 Å². The van der Waals surface area contributed by atoms with Gasteiger partial charge in [-0.3, -0.25) is 10.1 Å². The first-order valence-corrected chi connectivity index (χ1v) is 4.62. The highest BCUT2D eigenvalue weighted by Crippen LogP contribution is 2.28. The third-order valence-electron chi connectivity index (χ3n) is 1.67. The minimum atomic E-state index is -0.392. The molecule has 0 N–H and O–H groups in total. The van der Waals surface area contributed by atoms with Crippen LogP contribution in [0.25, 0.3) is 0 Å². The van der Waals surface area contributed by atoms with Gasteiger partial charge in [-0.2, -0.15) is 0 Å². The number of rotatable bonds is 2. The third kappa shape index (κ3) is 2.09. The van der Waals surface area contributed by atoms with Gasteiger partial charge in [-0.1, -0.05) is 0 Å². The summed E-state index contributed by atoms with van der Waals surface area (Å²) in [5, 5.41) is 10.5. The lowest BCUT2D eigenvalue weighted by Crippen LogP contribution is -1.95. The van der Waals surface area contributed by atoms with Crippen LogP contribution in [-0.2, 0) is 0 Å². The van der Waals surface area contributed by atoms with Gasteiger partial charge >= 0.3 is 0 Å². The van der Waals surface area contributed by atoms with Crippen LogP contribution in [-0.4, -0.2) is 12.0 Å². The molecule has 0 unspecified atom stereocenters. The fraction of sp³-hybridized carbons (Fsp3) is 0.250. The van der Waals surface area contributed by atoms with E-state index < -0.39 is 4.92 Å². The molecule has 1 aromatic rings. The van der Waals surface area contributed by atoms with Crippen LogP contribution in [0.3, 0.4) is 0 Å². The van der Waals surface area contributed by atoms with E-state index in [0.29, 0.717) is 11.3 Å². The lowest BCUT2D eigenvalue weighted by molar-refractivity contribution is -0.385. The molecule has 0 heterocycles. The monoisotopic (exact) mass is 293 g/mol. The van der Waals surface area contributed by atoms with Crippen molar-refractivity contribution in [1.29, 1.82) is 0 Å². The Balaban J connectivity index is 3.28. The smallest absolute Gasteiger partial charge is 0.273 e. The number of nitro groups is 1. The van der Waals surface area contributed by atoms with Crippen molar-refractivity contribution in [2.24, 2.45) is 0 Å². The number of aryl methyl sites for hydroxylation is 1. The molecule has 0 aromatic heterocycles. The van der Waals surface area contributed by atoms with Gasteiger partial charge in [0.2, 0.25) is 0 Å². The summed E-state index contributed by atoms with van der Waals surface area (Å²) in [7, 11) is 1.54. The van der Waals surface area contributed by atoms with Gasteiger partial charge < -0.3 is 4.74 Å². The van der Waals surface area contributed by atoms with E-state index in [1.165, 1.54) is 6.07 Å². The molecule has 70 valence electrons. The summed E-state index contributed by atoms with van der Waals surface area (Å²) in [6.45, 7) is 1.69. The second-order valence-corrected chi connectivity index (χ2v) is 3.69. The van der Waals surface area contributed by atoms with Crippen LogP contribution in [0.4, 0.5) is 5.69 Å². The Kier molecular flexibility index (Phi) is 3.07. The Morgan fingerprint density at radius 2 is 2.15 bits per heavy atom. The summed E-state index contributed by atoms with van der Waals surface area (Å²) < 4.78 is 5.78. The Hall–Kier alpha value is -0.850. The molecule has 0 saturated heterocycles. The second-order valence-electron chi connectivity index (χ2n) is 2.53. The topological polar surface area (TPSA) is 52.4 Å². The van der Waals surface area contributed by atoms with E-state index in [9.17, 15) is 10.1 Å².